The maximum Gasteiger partial charge on any atom is 0.0885 e. The van der Waals surface area contributed by atoms with Crippen LogP contribution in [0.4, 0.5) is 0 Å². The van der Waals surface area contributed by atoms with Gasteiger partial charge >= 0.3 is 0 Å². The summed E-state index contributed by atoms with van der Waals surface area (Å²) < 4.78 is 2.36. The fourth-order valence-electron chi connectivity index (χ4n) is 7.35. The molecule has 1 aliphatic carbocycles. The van der Waals surface area contributed by atoms with Crippen LogP contribution < -0.4 is 0 Å². The molecule has 45 heavy (non-hydrogen) atoms. The highest BCUT2D eigenvalue weighted by molar-refractivity contribution is 5.91. The molecule has 0 saturated heterocycles. The van der Waals surface area contributed by atoms with Gasteiger partial charge in [0.05, 0.1) is 16.6 Å². The van der Waals surface area contributed by atoms with E-state index in [0.29, 0.717) is 0 Å². The van der Waals surface area contributed by atoms with Gasteiger partial charge in [-0.25, -0.2) is 0 Å². The predicted molar refractivity (Wildman–Crippen MR) is 188 cm³/mol. The van der Waals surface area contributed by atoms with Crippen LogP contribution in [0.25, 0.3) is 44.9 Å². The van der Waals surface area contributed by atoms with Gasteiger partial charge in [-0.2, -0.15) is 0 Å². The molecule has 0 aliphatic heterocycles. The van der Waals surface area contributed by atoms with Gasteiger partial charge in [0.2, 0.25) is 0 Å². The van der Waals surface area contributed by atoms with Crippen molar-refractivity contribution in [2.75, 3.05) is 0 Å². The van der Waals surface area contributed by atoms with Crippen molar-refractivity contribution < 1.29 is 0 Å². The Balaban J connectivity index is 1.34. The molecule has 0 saturated carbocycles. The van der Waals surface area contributed by atoms with E-state index in [1.807, 2.05) is 24.4 Å². The Bertz CT molecular complexity index is 2200. The minimum Gasteiger partial charge on any atom is -0.310 e. The first-order valence-corrected chi connectivity index (χ1v) is 15.4. The molecule has 0 amide bonds. The van der Waals surface area contributed by atoms with Crippen molar-refractivity contribution in [3.63, 3.8) is 0 Å². The van der Waals surface area contributed by atoms with E-state index in [1.165, 1.54) is 61.1 Å². The first-order valence-electron chi connectivity index (χ1n) is 15.4. The minimum absolute atomic E-state index is 0.497. The van der Waals surface area contributed by atoms with Gasteiger partial charge < -0.3 is 4.57 Å². The molecule has 0 bridgehead atoms. The van der Waals surface area contributed by atoms with Gasteiger partial charge in [-0.3, -0.25) is 4.98 Å². The molecule has 2 nitrogen and oxygen atoms in total. The van der Waals surface area contributed by atoms with E-state index in [0.717, 1.165) is 11.4 Å². The van der Waals surface area contributed by atoms with Crippen LogP contribution in [0, 0.1) is 6.92 Å². The summed E-state index contributed by atoms with van der Waals surface area (Å²) in [4.78, 5) is 4.97. The van der Waals surface area contributed by atoms with Crippen LogP contribution in [0.15, 0.2) is 164 Å². The average molecular weight is 577 g/mol. The molecule has 2 heterocycles. The zero-order chi connectivity index (χ0) is 30.4. The smallest absolute Gasteiger partial charge is 0.0885 e. The third kappa shape index (κ3) is 4.07. The van der Waals surface area contributed by atoms with Crippen molar-refractivity contribution in [1.29, 1.82) is 0 Å². The number of nitrogens with zero attached hydrogens (tertiary/aromatic N) is 2. The predicted octanol–water partition coefficient (Wildman–Crippen LogP) is 10.6. The number of rotatable bonds is 6. The van der Waals surface area contributed by atoms with E-state index in [2.05, 4.69) is 158 Å². The second kappa shape index (κ2) is 10.8. The number of aromatic nitrogens is 2. The van der Waals surface area contributed by atoms with Crippen molar-refractivity contribution in [2.45, 2.75) is 12.3 Å². The Labute approximate surface area is 264 Å². The second-order valence-electron chi connectivity index (χ2n) is 11.6. The molecular formula is C43H32N2. The SMILES string of the molecule is C=C/C=C\c1c(C)c2ccccc2n1-c1cccc(-c2ccc3c(c2)-c2ccccc2C3(c2ccccc2)c2ccccn2)c1. The minimum atomic E-state index is -0.497. The second-order valence-corrected chi connectivity index (χ2v) is 11.6. The third-order valence-electron chi connectivity index (χ3n) is 9.30. The van der Waals surface area contributed by atoms with Crippen LogP contribution >= 0.6 is 0 Å². The van der Waals surface area contributed by atoms with E-state index >= 15 is 0 Å². The molecule has 1 atom stereocenters. The van der Waals surface area contributed by atoms with Crippen LogP contribution in [0.1, 0.15) is 33.6 Å². The molecule has 0 spiro atoms. The van der Waals surface area contributed by atoms with Gasteiger partial charge in [0.25, 0.3) is 0 Å². The first kappa shape index (κ1) is 26.9. The van der Waals surface area contributed by atoms with E-state index in [1.54, 1.807) is 0 Å². The Morgan fingerprint density at radius 1 is 0.667 bits per heavy atom. The quantitative estimate of drug-likeness (QED) is 0.180. The lowest BCUT2D eigenvalue weighted by Crippen LogP contribution is -2.29. The highest BCUT2D eigenvalue weighted by Gasteiger charge is 2.47. The molecule has 5 aromatic carbocycles. The van der Waals surface area contributed by atoms with Crippen molar-refractivity contribution in [2.24, 2.45) is 0 Å². The molecule has 1 aliphatic rings. The van der Waals surface area contributed by atoms with Crippen molar-refractivity contribution >= 4 is 17.0 Å². The molecular weight excluding hydrogens is 544 g/mol. The first-order chi connectivity index (χ1) is 22.2. The molecule has 1 unspecified atom stereocenters. The molecule has 214 valence electrons. The number of hydrogen-bond acceptors (Lipinski definition) is 1. The molecule has 0 N–H and O–H groups in total. The summed E-state index contributed by atoms with van der Waals surface area (Å²) in [6.45, 7) is 6.11. The van der Waals surface area contributed by atoms with Crippen molar-refractivity contribution in [3.8, 4) is 27.9 Å². The summed E-state index contributed by atoms with van der Waals surface area (Å²) in [5.74, 6) is 0. The number of fused-ring (bicyclic) bond motifs is 4. The highest BCUT2D eigenvalue weighted by Crippen LogP contribution is 2.56. The van der Waals surface area contributed by atoms with Crippen LogP contribution in [-0.2, 0) is 5.41 Å². The fourth-order valence-corrected chi connectivity index (χ4v) is 7.35. The number of benzene rings is 5. The summed E-state index contributed by atoms with van der Waals surface area (Å²) in [5.41, 5.74) is 13.9. The van der Waals surface area contributed by atoms with E-state index in [4.69, 9.17) is 4.98 Å². The van der Waals surface area contributed by atoms with Crippen LogP contribution in [0.5, 0.6) is 0 Å². The Hall–Kier alpha value is -5.73. The third-order valence-corrected chi connectivity index (χ3v) is 9.30. The lowest BCUT2D eigenvalue weighted by Gasteiger charge is -2.32. The standard InChI is InChI=1S/C43H32N2/c1-3-4-22-40-30(2)35-19-9-11-23-41(35)45(40)34-18-14-15-31(28-34)32-25-26-39-37(29-32)36-20-8-10-21-38(36)43(39,33-16-6-5-7-17-33)42-24-12-13-27-44-42/h3-29H,1H2,2H3/b22-4-. The van der Waals surface area contributed by atoms with E-state index in [9.17, 15) is 0 Å². The topological polar surface area (TPSA) is 17.8 Å². The molecule has 2 heteroatoms. The van der Waals surface area contributed by atoms with E-state index < -0.39 is 5.41 Å². The zero-order valence-corrected chi connectivity index (χ0v) is 25.2. The zero-order valence-electron chi connectivity index (χ0n) is 25.2. The molecule has 2 aromatic heterocycles. The number of aryl methyl sites for hydroxylation is 1. The van der Waals surface area contributed by atoms with Crippen molar-refractivity contribution in [3.05, 3.63) is 198 Å². The summed E-state index contributed by atoms with van der Waals surface area (Å²) in [7, 11) is 0. The molecule has 0 fully saturated rings. The summed E-state index contributed by atoms with van der Waals surface area (Å²) in [6, 6.07) is 50.4. The molecule has 0 radical (unpaired) electrons. The van der Waals surface area contributed by atoms with Gasteiger partial charge in [0.15, 0.2) is 0 Å². The normalized spacial score (nSPS) is 15.3. The maximum atomic E-state index is 4.97. The van der Waals surface area contributed by atoms with Gasteiger partial charge in [-0.05, 0) is 93.9 Å². The lowest BCUT2D eigenvalue weighted by molar-refractivity contribution is 0.735. The average Bonchev–Trinajstić information content (AvgIpc) is 3.57. The van der Waals surface area contributed by atoms with Crippen LogP contribution in [-0.4, -0.2) is 9.55 Å². The molecule has 8 rings (SSSR count). The van der Waals surface area contributed by atoms with Gasteiger partial charge in [0, 0.05) is 23.0 Å². The highest BCUT2D eigenvalue weighted by atomic mass is 15.0. The lowest BCUT2D eigenvalue weighted by atomic mass is 9.70. The monoisotopic (exact) mass is 576 g/mol. The van der Waals surface area contributed by atoms with Gasteiger partial charge in [-0.1, -0.05) is 122 Å². The van der Waals surface area contributed by atoms with E-state index in [-0.39, 0.29) is 0 Å². The largest absolute Gasteiger partial charge is 0.310 e. The summed E-state index contributed by atoms with van der Waals surface area (Å²) >= 11 is 0. The fraction of sp³-hybridized carbons (Fsp3) is 0.0465. The molecule has 7 aromatic rings. The maximum absolute atomic E-state index is 4.97. The summed E-state index contributed by atoms with van der Waals surface area (Å²) in [5, 5.41) is 1.26. The van der Waals surface area contributed by atoms with Gasteiger partial charge in [-0.15, -0.1) is 0 Å². The number of pyridine rings is 1. The van der Waals surface area contributed by atoms with Gasteiger partial charge in [0.1, 0.15) is 0 Å². The number of para-hydroxylation sites is 1. The number of hydrogen-bond donors (Lipinski definition) is 0. The Kier molecular flexibility index (Phi) is 6.43. The van der Waals surface area contributed by atoms with Crippen LogP contribution in [0.2, 0.25) is 0 Å². The Morgan fingerprint density at radius 3 is 2.27 bits per heavy atom. The van der Waals surface area contributed by atoms with Crippen LogP contribution in [0.3, 0.4) is 0 Å². The Morgan fingerprint density at radius 2 is 1.42 bits per heavy atom. The number of allylic oxidation sites excluding steroid dienone is 2. The summed E-state index contributed by atoms with van der Waals surface area (Å²) in [6.07, 6.45) is 7.91. The van der Waals surface area contributed by atoms with Crippen molar-refractivity contribution in [1.82, 2.24) is 9.55 Å².